The summed E-state index contributed by atoms with van der Waals surface area (Å²) < 4.78 is 7.34. The number of fused-ring (bicyclic) bond motifs is 1. The summed E-state index contributed by atoms with van der Waals surface area (Å²) in [6.07, 6.45) is 4.98. The molecule has 2 amide bonds. The minimum atomic E-state index is -0.158. The Balaban J connectivity index is 1.44. The van der Waals surface area contributed by atoms with Gasteiger partial charge in [-0.25, -0.2) is 4.98 Å². The lowest BCUT2D eigenvalue weighted by Gasteiger charge is -2.26. The van der Waals surface area contributed by atoms with Gasteiger partial charge in [0.05, 0.1) is 18.9 Å². The number of imidazole rings is 1. The van der Waals surface area contributed by atoms with E-state index >= 15 is 0 Å². The average molecular weight is 375 g/mol. The number of carbonyl (C=O) groups is 2. The summed E-state index contributed by atoms with van der Waals surface area (Å²) in [6.45, 7) is 7.08. The zero-order chi connectivity index (χ0) is 18.6. The SMILES string of the molecule is O=C(NCCN1CCOCC1)c1nc(C(=O)N2CCCC2)n2c1CCCC2. The van der Waals surface area contributed by atoms with E-state index in [9.17, 15) is 9.59 Å². The van der Waals surface area contributed by atoms with Crippen LogP contribution < -0.4 is 5.32 Å². The van der Waals surface area contributed by atoms with Gasteiger partial charge in [-0.3, -0.25) is 14.5 Å². The van der Waals surface area contributed by atoms with Crippen LogP contribution in [0.3, 0.4) is 0 Å². The second-order valence-electron chi connectivity index (χ2n) is 7.55. The van der Waals surface area contributed by atoms with Crippen molar-refractivity contribution in [3.63, 3.8) is 0 Å². The summed E-state index contributed by atoms with van der Waals surface area (Å²) in [4.78, 5) is 34.3. The van der Waals surface area contributed by atoms with E-state index < -0.39 is 0 Å². The maximum absolute atomic E-state index is 12.9. The normalized spacial score (nSPS) is 20.5. The topological polar surface area (TPSA) is 79.7 Å². The summed E-state index contributed by atoms with van der Waals surface area (Å²) >= 11 is 0. The van der Waals surface area contributed by atoms with Crippen molar-refractivity contribution < 1.29 is 14.3 Å². The first kappa shape index (κ1) is 18.4. The monoisotopic (exact) mass is 375 g/mol. The van der Waals surface area contributed by atoms with Crippen molar-refractivity contribution in [2.45, 2.75) is 38.6 Å². The first-order valence-corrected chi connectivity index (χ1v) is 10.2. The van der Waals surface area contributed by atoms with E-state index in [2.05, 4.69) is 15.2 Å². The molecule has 0 aromatic carbocycles. The molecule has 3 aliphatic heterocycles. The van der Waals surface area contributed by atoms with Crippen LogP contribution in [0.2, 0.25) is 0 Å². The lowest BCUT2D eigenvalue weighted by molar-refractivity contribution is 0.0383. The van der Waals surface area contributed by atoms with Crippen molar-refractivity contribution in [3.05, 3.63) is 17.2 Å². The summed E-state index contributed by atoms with van der Waals surface area (Å²) in [5.41, 5.74) is 1.37. The number of likely N-dealkylation sites (tertiary alicyclic amines) is 1. The minimum absolute atomic E-state index is 0.0250. The highest BCUT2D eigenvalue weighted by molar-refractivity contribution is 5.97. The Kier molecular flexibility index (Phi) is 5.73. The van der Waals surface area contributed by atoms with Gasteiger partial charge in [-0.05, 0) is 32.1 Å². The summed E-state index contributed by atoms with van der Waals surface area (Å²) in [6, 6.07) is 0. The zero-order valence-electron chi connectivity index (χ0n) is 15.9. The van der Waals surface area contributed by atoms with Crippen LogP contribution in [0.5, 0.6) is 0 Å². The molecular weight excluding hydrogens is 346 g/mol. The lowest BCUT2D eigenvalue weighted by atomic mass is 10.1. The van der Waals surface area contributed by atoms with Gasteiger partial charge in [-0.15, -0.1) is 0 Å². The molecule has 0 unspecified atom stereocenters. The zero-order valence-corrected chi connectivity index (χ0v) is 15.9. The van der Waals surface area contributed by atoms with Crippen molar-refractivity contribution in [1.82, 2.24) is 24.7 Å². The summed E-state index contributed by atoms with van der Waals surface area (Å²) in [7, 11) is 0. The molecule has 0 radical (unpaired) electrons. The van der Waals surface area contributed by atoms with Crippen LogP contribution in [0.1, 0.15) is 52.5 Å². The van der Waals surface area contributed by atoms with E-state index in [0.717, 1.165) is 90.3 Å². The van der Waals surface area contributed by atoms with E-state index in [4.69, 9.17) is 4.74 Å². The highest BCUT2D eigenvalue weighted by Gasteiger charge is 2.30. The van der Waals surface area contributed by atoms with Gasteiger partial charge in [-0.2, -0.15) is 0 Å². The average Bonchev–Trinajstić information content (AvgIpc) is 3.37. The fourth-order valence-electron chi connectivity index (χ4n) is 4.19. The number of carbonyl (C=O) groups excluding carboxylic acids is 2. The Bertz CT molecular complexity index is 690. The Morgan fingerprint density at radius 2 is 1.74 bits per heavy atom. The highest BCUT2D eigenvalue weighted by atomic mass is 16.5. The van der Waals surface area contributed by atoms with Crippen molar-refractivity contribution in [3.8, 4) is 0 Å². The maximum atomic E-state index is 12.9. The lowest BCUT2D eigenvalue weighted by Crippen LogP contribution is -2.41. The van der Waals surface area contributed by atoms with Gasteiger partial charge in [-0.1, -0.05) is 0 Å². The molecule has 1 N–H and O–H groups in total. The molecule has 4 rings (SSSR count). The van der Waals surface area contributed by atoms with Crippen LogP contribution in [-0.4, -0.2) is 83.6 Å². The number of hydrogen-bond donors (Lipinski definition) is 1. The van der Waals surface area contributed by atoms with Gasteiger partial charge in [0.2, 0.25) is 0 Å². The maximum Gasteiger partial charge on any atom is 0.289 e. The molecule has 0 saturated carbocycles. The molecule has 0 spiro atoms. The number of ether oxygens (including phenoxy) is 1. The van der Waals surface area contributed by atoms with Crippen molar-refractivity contribution in [2.24, 2.45) is 0 Å². The van der Waals surface area contributed by atoms with Gasteiger partial charge < -0.3 is 19.5 Å². The van der Waals surface area contributed by atoms with Crippen LogP contribution in [-0.2, 0) is 17.7 Å². The first-order chi connectivity index (χ1) is 13.2. The molecule has 0 aliphatic carbocycles. The van der Waals surface area contributed by atoms with Gasteiger partial charge in [0.25, 0.3) is 11.8 Å². The van der Waals surface area contributed by atoms with Crippen molar-refractivity contribution >= 4 is 11.8 Å². The molecule has 3 aliphatic rings. The van der Waals surface area contributed by atoms with Gasteiger partial charge in [0.1, 0.15) is 5.69 Å². The van der Waals surface area contributed by atoms with Crippen molar-refractivity contribution in [1.29, 1.82) is 0 Å². The Hall–Kier alpha value is -1.93. The van der Waals surface area contributed by atoms with Gasteiger partial charge >= 0.3 is 0 Å². The predicted molar refractivity (Wildman–Crippen MR) is 99.9 cm³/mol. The van der Waals surface area contributed by atoms with Gasteiger partial charge in [0.15, 0.2) is 5.82 Å². The molecule has 8 nitrogen and oxygen atoms in total. The third kappa shape index (κ3) is 4.01. The Labute approximate surface area is 159 Å². The fraction of sp³-hybridized carbons (Fsp3) is 0.737. The van der Waals surface area contributed by atoms with E-state index in [1.807, 2.05) is 9.47 Å². The van der Waals surface area contributed by atoms with E-state index in [-0.39, 0.29) is 11.8 Å². The molecule has 27 heavy (non-hydrogen) atoms. The van der Waals surface area contributed by atoms with Crippen LogP contribution in [0, 0.1) is 0 Å². The first-order valence-electron chi connectivity index (χ1n) is 10.2. The number of morpholine rings is 1. The predicted octanol–water partition coefficient (Wildman–Crippen LogP) is 0.517. The molecule has 1 aromatic rings. The number of nitrogens with zero attached hydrogens (tertiary/aromatic N) is 4. The number of rotatable bonds is 5. The number of hydrogen-bond acceptors (Lipinski definition) is 5. The largest absolute Gasteiger partial charge is 0.379 e. The van der Waals surface area contributed by atoms with Crippen LogP contribution in [0.4, 0.5) is 0 Å². The molecule has 2 fully saturated rings. The highest BCUT2D eigenvalue weighted by Crippen LogP contribution is 2.23. The number of aromatic nitrogens is 2. The smallest absolute Gasteiger partial charge is 0.289 e. The Morgan fingerprint density at radius 3 is 2.52 bits per heavy atom. The number of nitrogens with one attached hydrogen (secondary N) is 1. The molecule has 8 heteroatoms. The van der Waals surface area contributed by atoms with E-state index in [1.54, 1.807) is 0 Å². The van der Waals surface area contributed by atoms with Gasteiger partial charge in [0, 0.05) is 45.8 Å². The van der Waals surface area contributed by atoms with Crippen LogP contribution >= 0.6 is 0 Å². The second kappa shape index (κ2) is 8.39. The third-order valence-electron chi connectivity index (χ3n) is 5.73. The van der Waals surface area contributed by atoms with Crippen LogP contribution in [0.15, 0.2) is 0 Å². The molecular formula is C19H29N5O3. The quantitative estimate of drug-likeness (QED) is 0.812. The molecule has 4 heterocycles. The molecule has 1 aromatic heterocycles. The Morgan fingerprint density at radius 1 is 1.00 bits per heavy atom. The molecule has 2 saturated heterocycles. The molecule has 0 atom stereocenters. The second-order valence-corrected chi connectivity index (χ2v) is 7.55. The summed E-state index contributed by atoms with van der Waals surface area (Å²) in [5.74, 6) is 0.266. The number of amides is 2. The van der Waals surface area contributed by atoms with E-state index in [1.165, 1.54) is 0 Å². The van der Waals surface area contributed by atoms with E-state index in [0.29, 0.717) is 18.1 Å². The molecule has 0 bridgehead atoms. The fourth-order valence-corrected chi connectivity index (χ4v) is 4.19. The minimum Gasteiger partial charge on any atom is -0.379 e. The third-order valence-corrected chi connectivity index (χ3v) is 5.73. The van der Waals surface area contributed by atoms with Crippen molar-refractivity contribution in [2.75, 3.05) is 52.5 Å². The standard InChI is InChI=1S/C19H29N5O3/c25-18(20-6-10-22-11-13-27-14-12-22)16-15-5-1-2-9-24(15)17(21-16)19(26)23-7-3-4-8-23/h1-14H2,(H,20,25). The molecule has 148 valence electrons. The van der Waals surface area contributed by atoms with Crippen LogP contribution in [0.25, 0.3) is 0 Å². The summed E-state index contributed by atoms with van der Waals surface area (Å²) in [5, 5.41) is 3.00.